The Kier molecular flexibility index (Phi) is 4.05. The Morgan fingerprint density at radius 1 is 1.00 bits per heavy atom. The van der Waals surface area contributed by atoms with Crippen molar-refractivity contribution in [3.05, 3.63) is 64.4 Å². The third-order valence-electron chi connectivity index (χ3n) is 3.40. The van der Waals surface area contributed by atoms with Gasteiger partial charge in [-0.15, -0.1) is 5.11 Å². The number of rotatable bonds is 4. The molecule has 23 heavy (non-hydrogen) atoms. The molecule has 0 fully saturated rings. The van der Waals surface area contributed by atoms with E-state index in [0.29, 0.717) is 11.4 Å². The van der Waals surface area contributed by atoms with Crippen molar-refractivity contribution in [2.75, 3.05) is 7.11 Å². The Hall–Kier alpha value is -3.15. The number of aromatic nitrogens is 2. The fraction of sp³-hybridized carbons (Fsp3) is 0.118. The van der Waals surface area contributed by atoms with E-state index in [1.807, 2.05) is 55.5 Å². The highest BCUT2D eigenvalue weighted by Gasteiger charge is 2.11. The fourth-order valence-corrected chi connectivity index (χ4v) is 2.21. The minimum Gasteiger partial charge on any atom is -0.497 e. The maximum Gasteiger partial charge on any atom is 0.292 e. The summed E-state index contributed by atoms with van der Waals surface area (Å²) in [7, 11) is 1.61. The number of nitrogens with one attached hydrogen (secondary N) is 2. The number of hydrogen-bond donors (Lipinski definition) is 2. The van der Waals surface area contributed by atoms with Crippen molar-refractivity contribution < 1.29 is 4.74 Å². The first-order valence-corrected chi connectivity index (χ1v) is 7.11. The molecule has 116 valence electrons. The first kappa shape index (κ1) is 14.8. The molecule has 0 saturated heterocycles. The number of azo groups is 1. The summed E-state index contributed by atoms with van der Waals surface area (Å²) in [6, 6.07) is 15.0. The van der Waals surface area contributed by atoms with Crippen molar-refractivity contribution in [3.63, 3.8) is 0 Å². The molecule has 6 nitrogen and oxygen atoms in total. The van der Waals surface area contributed by atoms with Crippen LogP contribution < -0.4 is 10.3 Å². The summed E-state index contributed by atoms with van der Waals surface area (Å²) in [5, 5.41) is 13.7. The summed E-state index contributed by atoms with van der Waals surface area (Å²) in [5.74, 6) is 0.745. The molecule has 6 heteroatoms. The zero-order valence-electron chi connectivity index (χ0n) is 12.8. The Morgan fingerprint density at radius 2 is 1.78 bits per heavy atom. The van der Waals surface area contributed by atoms with Crippen LogP contribution in [0.4, 0.5) is 11.4 Å². The maximum atomic E-state index is 12.0. The number of ether oxygens (including phenoxy) is 1. The summed E-state index contributed by atoms with van der Waals surface area (Å²) in [4.78, 5) is 12.0. The van der Waals surface area contributed by atoms with Crippen LogP contribution in [0.1, 0.15) is 5.56 Å². The van der Waals surface area contributed by atoms with Crippen molar-refractivity contribution in [3.8, 4) is 17.0 Å². The number of methoxy groups -OCH3 is 1. The van der Waals surface area contributed by atoms with Gasteiger partial charge in [0.1, 0.15) is 5.75 Å². The summed E-state index contributed by atoms with van der Waals surface area (Å²) in [5.41, 5.74) is 3.13. The molecule has 0 amide bonds. The number of aryl methyl sites for hydroxylation is 1. The van der Waals surface area contributed by atoms with E-state index < -0.39 is 0 Å². The lowest BCUT2D eigenvalue weighted by molar-refractivity contribution is 0.415. The predicted octanol–water partition coefficient (Wildman–Crippen LogP) is 4.10. The van der Waals surface area contributed by atoms with Gasteiger partial charge in [-0.2, -0.15) is 5.11 Å². The zero-order chi connectivity index (χ0) is 16.2. The molecule has 2 N–H and O–H groups in total. The molecule has 0 aliphatic carbocycles. The predicted molar refractivity (Wildman–Crippen MR) is 88.8 cm³/mol. The van der Waals surface area contributed by atoms with Gasteiger partial charge in [0, 0.05) is 5.56 Å². The smallest absolute Gasteiger partial charge is 0.292 e. The summed E-state index contributed by atoms with van der Waals surface area (Å²) in [6.07, 6.45) is 0. The lowest BCUT2D eigenvalue weighted by Gasteiger charge is -2.02. The van der Waals surface area contributed by atoms with Crippen molar-refractivity contribution in [1.29, 1.82) is 0 Å². The number of H-pyrrole nitrogens is 2. The number of hydrogen-bond acceptors (Lipinski definition) is 4. The second-order valence-electron chi connectivity index (χ2n) is 5.07. The summed E-state index contributed by atoms with van der Waals surface area (Å²) < 4.78 is 5.14. The van der Waals surface area contributed by atoms with Crippen LogP contribution in [0.15, 0.2) is 63.6 Å². The number of nitrogens with zero attached hydrogens (tertiary/aromatic N) is 2. The van der Waals surface area contributed by atoms with Gasteiger partial charge in [0.25, 0.3) is 5.56 Å². The van der Waals surface area contributed by atoms with Crippen LogP contribution in [0.25, 0.3) is 11.3 Å². The Morgan fingerprint density at radius 3 is 2.48 bits per heavy atom. The monoisotopic (exact) mass is 308 g/mol. The van der Waals surface area contributed by atoms with Gasteiger partial charge in [-0.1, -0.05) is 12.1 Å². The molecule has 0 aliphatic rings. The average Bonchev–Trinajstić information content (AvgIpc) is 2.94. The van der Waals surface area contributed by atoms with Gasteiger partial charge in [0.15, 0.2) is 5.69 Å². The van der Waals surface area contributed by atoms with Gasteiger partial charge < -0.3 is 4.74 Å². The van der Waals surface area contributed by atoms with Crippen molar-refractivity contribution in [2.24, 2.45) is 10.2 Å². The van der Waals surface area contributed by atoms with Gasteiger partial charge in [-0.3, -0.25) is 15.0 Å². The lowest BCUT2D eigenvalue weighted by atomic mass is 10.1. The Labute approximate surface area is 132 Å². The highest BCUT2D eigenvalue weighted by atomic mass is 16.5. The normalized spacial score (nSPS) is 11.0. The van der Waals surface area contributed by atoms with Crippen LogP contribution in [0.3, 0.4) is 0 Å². The van der Waals surface area contributed by atoms with E-state index in [9.17, 15) is 4.79 Å². The largest absolute Gasteiger partial charge is 0.497 e. The fourth-order valence-electron chi connectivity index (χ4n) is 2.21. The lowest BCUT2D eigenvalue weighted by Crippen LogP contribution is -1.96. The van der Waals surface area contributed by atoms with Crippen molar-refractivity contribution >= 4 is 11.4 Å². The molecule has 2 aromatic carbocycles. The minimum absolute atomic E-state index is 0.247. The molecule has 1 heterocycles. The molecule has 0 unspecified atom stereocenters. The quantitative estimate of drug-likeness (QED) is 0.711. The van der Waals surface area contributed by atoms with Crippen LogP contribution in [-0.4, -0.2) is 17.3 Å². The topological polar surface area (TPSA) is 82.6 Å². The van der Waals surface area contributed by atoms with Gasteiger partial charge in [-0.05, 0) is 48.9 Å². The molecule has 0 atom stereocenters. The molecular formula is C17H16N4O2. The highest BCUT2D eigenvalue weighted by Crippen LogP contribution is 2.28. The van der Waals surface area contributed by atoms with E-state index in [2.05, 4.69) is 20.4 Å². The van der Waals surface area contributed by atoms with E-state index in [1.54, 1.807) is 7.11 Å². The van der Waals surface area contributed by atoms with Gasteiger partial charge >= 0.3 is 0 Å². The Balaban J connectivity index is 1.96. The molecule has 3 aromatic rings. The second-order valence-corrected chi connectivity index (χ2v) is 5.07. The zero-order valence-corrected chi connectivity index (χ0v) is 12.8. The van der Waals surface area contributed by atoms with E-state index in [-0.39, 0.29) is 11.2 Å². The van der Waals surface area contributed by atoms with Gasteiger partial charge in [0.2, 0.25) is 0 Å². The number of benzene rings is 2. The molecule has 1 aromatic heterocycles. The van der Waals surface area contributed by atoms with Crippen LogP contribution in [0.5, 0.6) is 5.75 Å². The second kappa shape index (κ2) is 6.31. The molecule has 0 bridgehead atoms. The average molecular weight is 308 g/mol. The SMILES string of the molecule is COc1ccc(-c2[nH][nH]c(=O)c2N=Nc2cccc(C)c2)cc1. The first-order chi connectivity index (χ1) is 11.2. The van der Waals surface area contributed by atoms with E-state index >= 15 is 0 Å². The molecule has 3 rings (SSSR count). The molecular weight excluding hydrogens is 292 g/mol. The van der Waals surface area contributed by atoms with Crippen LogP contribution in [0, 0.1) is 6.92 Å². The maximum absolute atomic E-state index is 12.0. The third-order valence-corrected chi connectivity index (χ3v) is 3.40. The highest BCUT2D eigenvalue weighted by molar-refractivity contribution is 5.71. The summed E-state index contributed by atoms with van der Waals surface area (Å²) >= 11 is 0. The minimum atomic E-state index is -0.313. The summed E-state index contributed by atoms with van der Waals surface area (Å²) in [6.45, 7) is 1.98. The van der Waals surface area contributed by atoms with Crippen molar-refractivity contribution in [2.45, 2.75) is 6.92 Å². The Bertz CT molecular complexity index is 891. The molecule has 0 aliphatic heterocycles. The third kappa shape index (κ3) is 3.21. The standard InChI is InChI=1S/C17H16N4O2/c1-11-4-3-5-13(10-11)18-20-16-15(19-21-17(16)22)12-6-8-14(23-2)9-7-12/h3-10H,1-2H3,(H2,19,21,22). The van der Waals surface area contributed by atoms with E-state index in [0.717, 1.165) is 16.9 Å². The molecule has 0 radical (unpaired) electrons. The molecule has 0 saturated carbocycles. The van der Waals surface area contributed by atoms with Gasteiger partial charge in [-0.25, -0.2) is 0 Å². The van der Waals surface area contributed by atoms with Crippen LogP contribution in [-0.2, 0) is 0 Å². The van der Waals surface area contributed by atoms with Crippen LogP contribution in [0.2, 0.25) is 0 Å². The number of aromatic amines is 2. The van der Waals surface area contributed by atoms with Crippen molar-refractivity contribution in [1.82, 2.24) is 10.2 Å². The van der Waals surface area contributed by atoms with E-state index in [4.69, 9.17) is 4.74 Å². The molecule has 0 spiro atoms. The van der Waals surface area contributed by atoms with E-state index in [1.165, 1.54) is 0 Å². The van der Waals surface area contributed by atoms with Gasteiger partial charge in [0.05, 0.1) is 18.5 Å². The van der Waals surface area contributed by atoms with Crippen LogP contribution >= 0.6 is 0 Å². The first-order valence-electron chi connectivity index (χ1n) is 7.11.